The Morgan fingerprint density at radius 1 is 0.483 bits per heavy atom. The van der Waals surface area contributed by atoms with Crippen molar-refractivity contribution in [1.82, 2.24) is 0 Å². The third-order valence-corrected chi connectivity index (χ3v) is 9.26. The summed E-state index contributed by atoms with van der Waals surface area (Å²) in [7, 11) is 1.60. The molecule has 0 fully saturated rings. The lowest BCUT2D eigenvalue weighted by Crippen LogP contribution is -2.04. The fourth-order valence-electron chi connectivity index (χ4n) is 5.70. The van der Waals surface area contributed by atoms with Gasteiger partial charge >= 0.3 is 24.1 Å². The average Bonchev–Trinajstić information content (AvgIpc) is 3.15. The molecule has 0 spiro atoms. The molecule has 0 saturated carbocycles. The molecular formula is C44H33Cl4F3O7. The van der Waals surface area contributed by atoms with Crippen LogP contribution in [0.5, 0.6) is 5.75 Å². The fourth-order valence-corrected chi connectivity index (χ4v) is 6.41. The number of aliphatic carboxylic acids is 3. The van der Waals surface area contributed by atoms with Gasteiger partial charge in [0.25, 0.3) is 0 Å². The predicted molar refractivity (Wildman–Crippen MR) is 221 cm³/mol. The van der Waals surface area contributed by atoms with Crippen LogP contribution in [0.4, 0.5) is 13.2 Å². The lowest BCUT2D eigenvalue weighted by atomic mass is 9.97. The Hall–Kier alpha value is -5.52. The summed E-state index contributed by atoms with van der Waals surface area (Å²) in [5.74, 6) is -2.03. The van der Waals surface area contributed by atoms with Crippen LogP contribution in [0.15, 0.2) is 127 Å². The molecule has 0 aliphatic carbocycles. The predicted octanol–water partition coefficient (Wildman–Crippen LogP) is 12.6. The highest BCUT2D eigenvalue weighted by Gasteiger charge is 2.30. The zero-order valence-corrected chi connectivity index (χ0v) is 33.4. The molecule has 3 N–H and O–H groups in total. The SMILES string of the molecule is COc1ccc(-c2ccc(Cl)cc2CC(=O)O)cc1.O=C(O)Cc1cc(Cl)ccc1-c1ccc(C(F)(F)F)cc1.O=C(O)Cc1cc(Cl)ccc1-c1ccc(Cl)cc1. The molecule has 0 aliphatic rings. The van der Waals surface area contributed by atoms with Gasteiger partial charge in [-0.1, -0.05) is 101 Å². The Morgan fingerprint density at radius 3 is 1.07 bits per heavy atom. The number of alkyl halides is 3. The van der Waals surface area contributed by atoms with Gasteiger partial charge in [0.2, 0.25) is 0 Å². The minimum absolute atomic E-state index is 0.0536. The first kappa shape index (κ1) is 45.2. The van der Waals surface area contributed by atoms with E-state index in [4.69, 9.17) is 66.5 Å². The summed E-state index contributed by atoms with van der Waals surface area (Å²) in [6.45, 7) is 0. The summed E-state index contributed by atoms with van der Waals surface area (Å²) in [4.78, 5) is 32.6. The van der Waals surface area contributed by atoms with Crippen molar-refractivity contribution in [2.24, 2.45) is 0 Å². The van der Waals surface area contributed by atoms with Crippen LogP contribution in [0.25, 0.3) is 33.4 Å². The van der Waals surface area contributed by atoms with Crippen molar-refractivity contribution in [2.45, 2.75) is 25.4 Å². The number of halogens is 7. The minimum atomic E-state index is -4.40. The molecule has 0 heterocycles. The lowest BCUT2D eigenvalue weighted by molar-refractivity contribution is -0.138. The highest BCUT2D eigenvalue weighted by molar-refractivity contribution is 6.31. The zero-order valence-electron chi connectivity index (χ0n) is 30.4. The zero-order chi connectivity index (χ0) is 42.6. The van der Waals surface area contributed by atoms with Crippen molar-refractivity contribution in [1.29, 1.82) is 0 Å². The van der Waals surface area contributed by atoms with Gasteiger partial charge in [-0.3, -0.25) is 14.4 Å². The molecular weight excluding hydrogens is 839 g/mol. The van der Waals surface area contributed by atoms with Crippen LogP contribution in [0.2, 0.25) is 20.1 Å². The molecule has 0 aromatic heterocycles. The summed E-state index contributed by atoms with van der Waals surface area (Å²) in [5, 5.41) is 28.8. The molecule has 0 atom stereocenters. The fraction of sp³-hybridized carbons (Fsp3) is 0.114. The molecule has 0 unspecified atom stereocenters. The number of benzene rings is 6. The van der Waals surface area contributed by atoms with Gasteiger partial charge in [0.05, 0.1) is 31.9 Å². The van der Waals surface area contributed by atoms with E-state index in [9.17, 15) is 27.6 Å². The number of ether oxygens (including phenoxy) is 1. The van der Waals surface area contributed by atoms with Crippen molar-refractivity contribution < 1.29 is 47.6 Å². The smallest absolute Gasteiger partial charge is 0.416 e. The van der Waals surface area contributed by atoms with Gasteiger partial charge in [0, 0.05) is 20.1 Å². The van der Waals surface area contributed by atoms with Gasteiger partial charge in [-0.05, 0) is 123 Å². The first-order valence-electron chi connectivity index (χ1n) is 17.0. The summed E-state index contributed by atoms with van der Waals surface area (Å²) < 4.78 is 42.7. The van der Waals surface area contributed by atoms with Crippen molar-refractivity contribution >= 4 is 64.3 Å². The van der Waals surface area contributed by atoms with Gasteiger partial charge < -0.3 is 20.1 Å². The van der Waals surface area contributed by atoms with Crippen LogP contribution in [-0.2, 0) is 39.8 Å². The Labute approximate surface area is 351 Å². The highest BCUT2D eigenvalue weighted by Crippen LogP contribution is 2.33. The maximum absolute atomic E-state index is 12.5. The van der Waals surface area contributed by atoms with E-state index in [0.717, 1.165) is 40.1 Å². The molecule has 0 bridgehead atoms. The molecule has 6 aromatic rings. The van der Waals surface area contributed by atoms with E-state index in [1.54, 1.807) is 55.6 Å². The van der Waals surface area contributed by atoms with E-state index < -0.39 is 29.6 Å². The summed E-state index contributed by atoms with van der Waals surface area (Å²) in [6, 6.07) is 34.5. The van der Waals surface area contributed by atoms with E-state index in [1.807, 2.05) is 48.5 Å². The second-order valence-electron chi connectivity index (χ2n) is 12.4. The van der Waals surface area contributed by atoms with Crippen molar-refractivity contribution in [3.63, 3.8) is 0 Å². The first-order chi connectivity index (χ1) is 27.4. The lowest BCUT2D eigenvalue weighted by Gasteiger charge is -2.11. The second-order valence-corrected chi connectivity index (χ2v) is 14.2. The van der Waals surface area contributed by atoms with Gasteiger partial charge in [0.1, 0.15) is 5.75 Å². The molecule has 0 aliphatic heterocycles. The molecule has 58 heavy (non-hydrogen) atoms. The van der Waals surface area contributed by atoms with E-state index >= 15 is 0 Å². The minimum Gasteiger partial charge on any atom is -0.497 e. The van der Waals surface area contributed by atoms with E-state index in [-0.39, 0.29) is 19.3 Å². The van der Waals surface area contributed by atoms with Crippen LogP contribution < -0.4 is 4.74 Å². The summed E-state index contributed by atoms with van der Waals surface area (Å²) in [5.41, 5.74) is 5.75. The van der Waals surface area contributed by atoms with Crippen LogP contribution in [0.3, 0.4) is 0 Å². The normalized spacial score (nSPS) is 10.7. The molecule has 6 rings (SSSR count). The van der Waals surface area contributed by atoms with Gasteiger partial charge in [-0.15, -0.1) is 0 Å². The quantitative estimate of drug-likeness (QED) is 0.125. The number of carbonyl (C=O) groups is 3. The van der Waals surface area contributed by atoms with Crippen molar-refractivity contribution in [2.75, 3.05) is 7.11 Å². The van der Waals surface area contributed by atoms with Crippen LogP contribution in [-0.4, -0.2) is 40.3 Å². The third kappa shape index (κ3) is 13.6. The Balaban J connectivity index is 0.000000193. The van der Waals surface area contributed by atoms with Crippen LogP contribution in [0.1, 0.15) is 22.3 Å². The maximum Gasteiger partial charge on any atom is 0.416 e. The monoisotopic (exact) mass is 870 g/mol. The number of carboxylic acids is 3. The van der Waals surface area contributed by atoms with Gasteiger partial charge in [-0.2, -0.15) is 13.2 Å². The average molecular weight is 873 g/mol. The Kier molecular flexibility index (Phi) is 16.2. The topological polar surface area (TPSA) is 121 Å². The van der Waals surface area contributed by atoms with Crippen molar-refractivity contribution in [3.8, 4) is 39.1 Å². The molecule has 14 heteroatoms. The molecule has 0 radical (unpaired) electrons. The molecule has 300 valence electrons. The van der Waals surface area contributed by atoms with E-state index in [1.165, 1.54) is 18.2 Å². The second kappa shape index (κ2) is 20.8. The molecule has 0 saturated heterocycles. The number of hydrogen-bond acceptors (Lipinski definition) is 4. The highest BCUT2D eigenvalue weighted by atomic mass is 35.5. The van der Waals surface area contributed by atoms with Gasteiger partial charge in [-0.25, -0.2) is 0 Å². The largest absolute Gasteiger partial charge is 0.497 e. The maximum atomic E-state index is 12.5. The number of methoxy groups -OCH3 is 1. The van der Waals surface area contributed by atoms with Crippen LogP contribution in [0, 0.1) is 0 Å². The molecule has 0 amide bonds. The van der Waals surface area contributed by atoms with E-state index in [2.05, 4.69) is 0 Å². The van der Waals surface area contributed by atoms with E-state index in [0.29, 0.717) is 47.9 Å². The summed E-state index contributed by atoms with van der Waals surface area (Å²) >= 11 is 23.5. The Bertz CT molecular complexity index is 2370. The standard InChI is InChI=1S/C15H10ClF3O2.C15H13ClO3.C14H10Cl2O2/c16-12-5-6-13(10(7-12)8-14(20)21)9-1-3-11(4-2-9)15(17,18)19;1-19-13-5-2-10(3-6-13)14-7-4-12(16)8-11(14)9-15(17)18;15-11-3-1-9(2-4-11)13-6-5-12(16)7-10(13)8-14(17)18/h1-7H,8H2,(H,20,21);2-8H,9H2,1H3,(H,17,18);1-7H,8H2,(H,17,18). The van der Waals surface area contributed by atoms with Crippen LogP contribution >= 0.6 is 46.4 Å². The third-order valence-electron chi connectivity index (χ3n) is 8.31. The number of rotatable bonds is 10. The van der Waals surface area contributed by atoms with Crippen molar-refractivity contribution in [3.05, 3.63) is 170 Å². The first-order valence-corrected chi connectivity index (χ1v) is 18.5. The Morgan fingerprint density at radius 2 is 0.776 bits per heavy atom. The molecule has 6 aromatic carbocycles. The number of carboxylic acid groups (broad SMARTS) is 3. The molecule has 7 nitrogen and oxygen atoms in total. The number of hydrogen-bond donors (Lipinski definition) is 3. The van der Waals surface area contributed by atoms with Gasteiger partial charge in [0.15, 0.2) is 0 Å². The summed E-state index contributed by atoms with van der Waals surface area (Å²) in [6.07, 6.45) is -4.76.